The van der Waals surface area contributed by atoms with Gasteiger partial charge in [0.05, 0.1) is 6.20 Å². The van der Waals surface area contributed by atoms with E-state index in [4.69, 9.17) is 4.42 Å². The maximum atomic E-state index is 5.10. The third kappa shape index (κ3) is 1.47. The maximum absolute atomic E-state index is 5.10. The van der Waals surface area contributed by atoms with Crippen molar-refractivity contribution >= 4 is 0 Å². The third-order valence-corrected chi connectivity index (χ3v) is 2.00. The minimum Gasteiger partial charge on any atom is -0.433 e. The first-order valence-electron chi connectivity index (χ1n) is 4.17. The first-order chi connectivity index (χ1) is 6.27. The first-order valence-corrected chi connectivity index (χ1v) is 4.17. The monoisotopic (exact) mass is 172 g/mol. The molecule has 2 rings (SSSR count). The van der Waals surface area contributed by atoms with Gasteiger partial charge in [-0.2, -0.15) is 0 Å². The summed E-state index contributed by atoms with van der Waals surface area (Å²) in [6, 6.07) is 6.18. The number of hydrogen-bond donors (Lipinski definition) is 0. The van der Waals surface area contributed by atoms with Crippen LogP contribution < -0.4 is 0 Å². The highest BCUT2D eigenvalue weighted by molar-refractivity contribution is 5.58. The Labute approximate surface area is 77.2 Å². The van der Waals surface area contributed by atoms with Crippen molar-refractivity contribution in [2.75, 3.05) is 0 Å². The quantitative estimate of drug-likeness (QED) is 0.661. The van der Waals surface area contributed by atoms with Crippen molar-refractivity contribution in [2.24, 2.45) is 0 Å². The molecule has 0 fully saturated rings. The van der Waals surface area contributed by atoms with Crippen molar-refractivity contribution in [3.8, 4) is 11.5 Å². The average molecular weight is 172 g/mol. The Morgan fingerprint density at radius 2 is 2.15 bits per heavy atom. The fourth-order valence-electron chi connectivity index (χ4n) is 1.37. The van der Waals surface area contributed by atoms with Crippen molar-refractivity contribution in [2.45, 2.75) is 13.8 Å². The van der Waals surface area contributed by atoms with Gasteiger partial charge in [-0.15, -0.1) is 0 Å². The van der Waals surface area contributed by atoms with E-state index in [9.17, 15) is 0 Å². The Bertz CT molecular complexity index is 404. The van der Waals surface area contributed by atoms with Crippen LogP contribution in [0.1, 0.15) is 11.1 Å². The summed E-state index contributed by atoms with van der Waals surface area (Å²) in [7, 11) is 0. The van der Waals surface area contributed by atoms with Gasteiger partial charge >= 0.3 is 0 Å². The van der Waals surface area contributed by atoms with Crippen LogP contribution in [0, 0.1) is 20.1 Å². The molecule has 0 atom stereocenters. The molecule has 0 unspecified atom stereocenters. The smallest absolute Gasteiger partial charge is 0.227 e. The molecule has 65 valence electrons. The summed E-state index contributed by atoms with van der Waals surface area (Å²) in [6.45, 7) is 4.12. The second-order valence-electron chi connectivity index (χ2n) is 3.10. The molecule has 0 aliphatic carbocycles. The predicted octanol–water partition coefficient (Wildman–Crippen LogP) is 2.76. The SMILES string of the molecule is Cc1ccc(-c2nc[c]o2)c(C)c1. The van der Waals surface area contributed by atoms with Crippen LogP contribution >= 0.6 is 0 Å². The van der Waals surface area contributed by atoms with E-state index in [2.05, 4.69) is 24.2 Å². The molecule has 2 aromatic rings. The van der Waals surface area contributed by atoms with E-state index < -0.39 is 0 Å². The van der Waals surface area contributed by atoms with E-state index in [-0.39, 0.29) is 0 Å². The number of aromatic nitrogens is 1. The maximum Gasteiger partial charge on any atom is 0.227 e. The van der Waals surface area contributed by atoms with Gasteiger partial charge in [-0.1, -0.05) is 17.7 Å². The third-order valence-electron chi connectivity index (χ3n) is 2.00. The minimum atomic E-state index is 0.637. The molecule has 0 aliphatic heterocycles. The molecule has 1 aromatic carbocycles. The molecular formula is C11H10NO. The largest absolute Gasteiger partial charge is 0.433 e. The van der Waals surface area contributed by atoms with Crippen LogP contribution in [0.2, 0.25) is 0 Å². The number of aryl methyl sites for hydroxylation is 2. The van der Waals surface area contributed by atoms with Crippen LogP contribution in [0.5, 0.6) is 0 Å². The second-order valence-corrected chi connectivity index (χ2v) is 3.10. The lowest BCUT2D eigenvalue weighted by Gasteiger charge is -2.01. The minimum absolute atomic E-state index is 0.637. The number of oxazole rings is 1. The Morgan fingerprint density at radius 3 is 2.77 bits per heavy atom. The summed E-state index contributed by atoms with van der Waals surface area (Å²) in [5, 5.41) is 0. The van der Waals surface area contributed by atoms with Crippen molar-refractivity contribution in [1.82, 2.24) is 4.98 Å². The Morgan fingerprint density at radius 1 is 1.31 bits per heavy atom. The fraction of sp³-hybridized carbons (Fsp3) is 0.182. The van der Waals surface area contributed by atoms with Gasteiger partial charge in [0.25, 0.3) is 0 Å². The molecule has 1 aromatic heterocycles. The molecule has 1 radical (unpaired) electrons. The molecular weight excluding hydrogens is 162 g/mol. The first kappa shape index (κ1) is 8.05. The van der Waals surface area contributed by atoms with Crippen LogP contribution in [0.3, 0.4) is 0 Å². The Balaban J connectivity index is 2.53. The van der Waals surface area contributed by atoms with Crippen LogP contribution in [0.15, 0.2) is 28.8 Å². The molecule has 0 N–H and O–H groups in total. The molecule has 0 aliphatic rings. The lowest BCUT2D eigenvalue weighted by molar-refractivity contribution is 0.565. The fourth-order valence-corrected chi connectivity index (χ4v) is 1.37. The van der Waals surface area contributed by atoms with E-state index in [1.165, 1.54) is 17.3 Å². The van der Waals surface area contributed by atoms with Gasteiger partial charge in [-0.25, -0.2) is 4.98 Å². The second kappa shape index (κ2) is 3.05. The van der Waals surface area contributed by atoms with E-state index in [1.807, 2.05) is 19.1 Å². The standard InChI is InChI=1S/C11H10NO/c1-8-3-4-10(9(2)7-8)11-12-5-6-13-11/h3-5,7H,1-2H3. The van der Waals surface area contributed by atoms with Gasteiger partial charge in [0.15, 0.2) is 6.26 Å². The topological polar surface area (TPSA) is 26.0 Å². The lowest BCUT2D eigenvalue weighted by Crippen LogP contribution is -1.83. The number of rotatable bonds is 1. The zero-order valence-corrected chi connectivity index (χ0v) is 7.66. The van der Waals surface area contributed by atoms with Crippen molar-refractivity contribution in [1.29, 1.82) is 0 Å². The van der Waals surface area contributed by atoms with E-state index >= 15 is 0 Å². The summed E-state index contributed by atoms with van der Waals surface area (Å²) in [5.41, 5.74) is 3.46. The summed E-state index contributed by atoms with van der Waals surface area (Å²) < 4.78 is 5.10. The van der Waals surface area contributed by atoms with Crippen molar-refractivity contribution in [3.05, 3.63) is 41.8 Å². The van der Waals surface area contributed by atoms with Gasteiger partial charge in [0, 0.05) is 5.56 Å². The molecule has 0 saturated heterocycles. The van der Waals surface area contributed by atoms with Gasteiger partial charge in [-0.3, -0.25) is 0 Å². The number of hydrogen-bond acceptors (Lipinski definition) is 2. The van der Waals surface area contributed by atoms with E-state index in [1.54, 1.807) is 0 Å². The lowest BCUT2D eigenvalue weighted by atomic mass is 10.1. The molecule has 2 heteroatoms. The molecule has 0 saturated carbocycles. The molecule has 0 amide bonds. The van der Waals surface area contributed by atoms with E-state index in [0.29, 0.717) is 5.89 Å². The zero-order valence-electron chi connectivity index (χ0n) is 7.66. The zero-order chi connectivity index (χ0) is 9.26. The number of nitrogens with zero attached hydrogens (tertiary/aromatic N) is 1. The number of benzene rings is 1. The highest BCUT2D eigenvalue weighted by Gasteiger charge is 2.05. The van der Waals surface area contributed by atoms with Crippen LogP contribution in [-0.4, -0.2) is 4.98 Å². The highest BCUT2D eigenvalue weighted by atomic mass is 16.3. The van der Waals surface area contributed by atoms with Crippen molar-refractivity contribution in [3.63, 3.8) is 0 Å². The van der Waals surface area contributed by atoms with Crippen molar-refractivity contribution < 1.29 is 4.42 Å². The molecule has 0 bridgehead atoms. The van der Waals surface area contributed by atoms with Crippen LogP contribution in [0.4, 0.5) is 0 Å². The molecule has 1 heterocycles. The van der Waals surface area contributed by atoms with Crippen LogP contribution in [-0.2, 0) is 0 Å². The summed E-state index contributed by atoms with van der Waals surface area (Å²) in [4.78, 5) is 4.05. The predicted molar refractivity (Wildman–Crippen MR) is 50.2 cm³/mol. The molecule has 0 spiro atoms. The Kier molecular flexibility index (Phi) is 1.89. The summed E-state index contributed by atoms with van der Waals surface area (Å²) in [6.07, 6.45) is 4.12. The van der Waals surface area contributed by atoms with Gasteiger partial charge in [0.2, 0.25) is 5.89 Å². The molecule has 13 heavy (non-hydrogen) atoms. The van der Waals surface area contributed by atoms with Gasteiger partial charge < -0.3 is 4.42 Å². The summed E-state index contributed by atoms with van der Waals surface area (Å²) in [5.74, 6) is 0.637. The van der Waals surface area contributed by atoms with Crippen LogP contribution in [0.25, 0.3) is 11.5 Å². The summed E-state index contributed by atoms with van der Waals surface area (Å²) >= 11 is 0. The van der Waals surface area contributed by atoms with Gasteiger partial charge in [-0.05, 0) is 25.5 Å². The highest BCUT2D eigenvalue weighted by Crippen LogP contribution is 2.21. The molecule has 2 nitrogen and oxygen atoms in total. The normalized spacial score (nSPS) is 10.3. The average Bonchev–Trinajstić information content (AvgIpc) is 2.56. The van der Waals surface area contributed by atoms with Gasteiger partial charge in [0.1, 0.15) is 0 Å². The van der Waals surface area contributed by atoms with E-state index in [0.717, 1.165) is 5.56 Å². The Hall–Kier alpha value is -1.57.